The standard InChI is InChI=1S/C14H14ClN3S/c15-12-4-2-1-3-10(12)8-19-14-5-13(17-9-18-14)11-6-16-7-11/h1-5,9,11,16H,6-8H2. The van der Waals surface area contributed by atoms with Gasteiger partial charge >= 0.3 is 0 Å². The molecule has 2 aromatic rings. The lowest BCUT2D eigenvalue weighted by Gasteiger charge is -2.26. The summed E-state index contributed by atoms with van der Waals surface area (Å²) in [5.74, 6) is 1.38. The molecule has 3 nitrogen and oxygen atoms in total. The molecule has 1 N–H and O–H groups in total. The fourth-order valence-electron chi connectivity index (χ4n) is 1.92. The first-order valence-corrected chi connectivity index (χ1v) is 7.58. The number of nitrogens with one attached hydrogen (secondary N) is 1. The largest absolute Gasteiger partial charge is 0.315 e. The van der Waals surface area contributed by atoms with Crippen molar-refractivity contribution in [2.24, 2.45) is 0 Å². The van der Waals surface area contributed by atoms with Crippen LogP contribution in [0.25, 0.3) is 0 Å². The SMILES string of the molecule is Clc1ccccc1CSc1cc(C2CNC2)ncn1. The summed E-state index contributed by atoms with van der Waals surface area (Å²) in [6, 6.07) is 10.0. The third-order valence-corrected chi connectivity index (χ3v) is 4.54. The van der Waals surface area contributed by atoms with Crippen LogP contribution in [0.3, 0.4) is 0 Å². The first-order chi connectivity index (χ1) is 9.33. The molecular weight excluding hydrogens is 278 g/mol. The Balaban J connectivity index is 1.68. The van der Waals surface area contributed by atoms with Gasteiger partial charge in [0.15, 0.2) is 0 Å². The first-order valence-electron chi connectivity index (χ1n) is 6.22. The number of aromatic nitrogens is 2. The molecule has 0 aliphatic carbocycles. The number of nitrogens with zero attached hydrogens (tertiary/aromatic N) is 2. The highest BCUT2D eigenvalue weighted by Crippen LogP contribution is 2.27. The van der Waals surface area contributed by atoms with Gasteiger partial charge in [-0.15, -0.1) is 11.8 Å². The molecule has 0 bridgehead atoms. The highest BCUT2D eigenvalue weighted by Gasteiger charge is 2.20. The summed E-state index contributed by atoms with van der Waals surface area (Å²) in [6.45, 7) is 2.04. The van der Waals surface area contributed by atoms with Gasteiger partial charge < -0.3 is 5.32 Å². The van der Waals surface area contributed by atoms with Crippen molar-refractivity contribution in [1.29, 1.82) is 0 Å². The zero-order chi connectivity index (χ0) is 13.1. The van der Waals surface area contributed by atoms with Gasteiger partial charge in [0.1, 0.15) is 6.33 Å². The molecule has 1 saturated heterocycles. The number of rotatable bonds is 4. The number of hydrogen-bond donors (Lipinski definition) is 1. The Morgan fingerprint density at radius 3 is 2.84 bits per heavy atom. The van der Waals surface area contributed by atoms with Crippen LogP contribution in [0.5, 0.6) is 0 Å². The molecule has 0 saturated carbocycles. The monoisotopic (exact) mass is 291 g/mol. The van der Waals surface area contributed by atoms with Crippen LogP contribution < -0.4 is 5.32 Å². The average molecular weight is 292 g/mol. The minimum absolute atomic E-state index is 0.544. The lowest BCUT2D eigenvalue weighted by atomic mass is 9.99. The van der Waals surface area contributed by atoms with Gasteiger partial charge in [0.05, 0.1) is 10.7 Å². The molecule has 19 heavy (non-hydrogen) atoms. The van der Waals surface area contributed by atoms with Crippen molar-refractivity contribution in [2.75, 3.05) is 13.1 Å². The molecule has 0 unspecified atom stereocenters. The Hall–Kier alpha value is -1.10. The highest BCUT2D eigenvalue weighted by atomic mass is 35.5. The van der Waals surface area contributed by atoms with E-state index in [0.717, 1.165) is 40.1 Å². The van der Waals surface area contributed by atoms with Crippen LogP contribution in [-0.4, -0.2) is 23.1 Å². The Morgan fingerprint density at radius 2 is 2.11 bits per heavy atom. The van der Waals surface area contributed by atoms with Gasteiger partial charge in [-0.3, -0.25) is 0 Å². The quantitative estimate of drug-likeness (QED) is 0.694. The van der Waals surface area contributed by atoms with Crippen LogP contribution in [0.1, 0.15) is 17.2 Å². The molecule has 2 heterocycles. The van der Waals surface area contributed by atoms with Gasteiger partial charge in [-0.1, -0.05) is 29.8 Å². The summed E-state index contributed by atoms with van der Waals surface area (Å²) in [6.07, 6.45) is 1.66. The van der Waals surface area contributed by atoms with Gasteiger partial charge in [0, 0.05) is 29.8 Å². The van der Waals surface area contributed by atoms with E-state index in [4.69, 9.17) is 11.6 Å². The first kappa shape index (κ1) is 12.9. The van der Waals surface area contributed by atoms with E-state index in [1.807, 2.05) is 24.3 Å². The Kier molecular flexibility index (Phi) is 4.01. The van der Waals surface area contributed by atoms with Crippen LogP contribution in [0.2, 0.25) is 5.02 Å². The molecule has 0 amide bonds. The maximum Gasteiger partial charge on any atom is 0.116 e. The fraction of sp³-hybridized carbons (Fsp3) is 0.286. The molecule has 1 aromatic carbocycles. The number of thioether (sulfide) groups is 1. The maximum atomic E-state index is 6.15. The van der Waals surface area contributed by atoms with E-state index in [9.17, 15) is 0 Å². The van der Waals surface area contributed by atoms with Crippen molar-refractivity contribution >= 4 is 23.4 Å². The van der Waals surface area contributed by atoms with Gasteiger partial charge in [-0.05, 0) is 17.7 Å². The molecular formula is C14H14ClN3S. The molecule has 5 heteroatoms. The summed E-state index contributed by atoms with van der Waals surface area (Å²) < 4.78 is 0. The summed E-state index contributed by atoms with van der Waals surface area (Å²) in [5, 5.41) is 5.08. The van der Waals surface area contributed by atoms with Crippen LogP contribution in [0, 0.1) is 0 Å². The highest BCUT2D eigenvalue weighted by molar-refractivity contribution is 7.98. The summed E-state index contributed by atoms with van der Waals surface area (Å²) in [7, 11) is 0. The normalized spacial score (nSPS) is 15.2. The maximum absolute atomic E-state index is 6.15. The van der Waals surface area contributed by atoms with Gasteiger partial charge in [-0.25, -0.2) is 9.97 Å². The minimum atomic E-state index is 0.544. The fourth-order valence-corrected chi connectivity index (χ4v) is 3.08. The summed E-state index contributed by atoms with van der Waals surface area (Å²) in [4.78, 5) is 8.66. The van der Waals surface area contributed by atoms with E-state index < -0.39 is 0 Å². The van der Waals surface area contributed by atoms with Crippen molar-refractivity contribution in [1.82, 2.24) is 15.3 Å². The molecule has 1 aromatic heterocycles. The third kappa shape index (κ3) is 3.08. The predicted molar refractivity (Wildman–Crippen MR) is 78.7 cm³/mol. The Bertz CT molecular complexity index is 572. The topological polar surface area (TPSA) is 37.8 Å². The second kappa shape index (κ2) is 5.90. The van der Waals surface area contributed by atoms with Crippen LogP contribution in [-0.2, 0) is 5.75 Å². The van der Waals surface area contributed by atoms with E-state index in [0.29, 0.717) is 5.92 Å². The average Bonchev–Trinajstić information content (AvgIpc) is 2.36. The lowest BCUT2D eigenvalue weighted by Crippen LogP contribution is -2.40. The van der Waals surface area contributed by atoms with Crippen LogP contribution in [0.4, 0.5) is 0 Å². The van der Waals surface area contributed by atoms with Gasteiger partial charge in [0.2, 0.25) is 0 Å². The molecule has 1 fully saturated rings. The molecule has 1 aliphatic heterocycles. The molecule has 1 aliphatic rings. The third-order valence-electron chi connectivity index (χ3n) is 3.20. The van der Waals surface area contributed by atoms with Gasteiger partial charge in [0.25, 0.3) is 0 Å². The molecule has 98 valence electrons. The Morgan fingerprint density at radius 1 is 1.26 bits per heavy atom. The lowest BCUT2D eigenvalue weighted by molar-refractivity contribution is 0.438. The molecule has 3 rings (SSSR count). The zero-order valence-electron chi connectivity index (χ0n) is 10.3. The molecule has 0 spiro atoms. The summed E-state index contributed by atoms with van der Waals surface area (Å²) in [5.41, 5.74) is 2.27. The van der Waals surface area contributed by atoms with E-state index in [2.05, 4.69) is 21.4 Å². The second-order valence-corrected chi connectivity index (χ2v) is 5.92. The van der Waals surface area contributed by atoms with Crippen molar-refractivity contribution in [2.45, 2.75) is 16.7 Å². The number of halogens is 1. The van der Waals surface area contributed by atoms with Crippen molar-refractivity contribution in [3.63, 3.8) is 0 Å². The summed E-state index contributed by atoms with van der Waals surface area (Å²) >= 11 is 7.85. The van der Waals surface area contributed by atoms with E-state index in [1.165, 1.54) is 0 Å². The Labute approximate surface area is 121 Å². The number of benzene rings is 1. The van der Waals surface area contributed by atoms with Crippen LogP contribution >= 0.6 is 23.4 Å². The zero-order valence-corrected chi connectivity index (χ0v) is 11.9. The van der Waals surface area contributed by atoms with Crippen molar-refractivity contribution in [3.05, 3.63) is 52.9 Å². The van der Waals surface area contributed by atoms with Crippen molar-refractivity contribution in [3.8, 4) is 0 Å². The van der Waals surface area contributed by atoms with Crippen molar-refractivity contribution < 1.29 is 0 Å². The van der Waals surface area contributed by atoms with E-state index in [-0.39, 0.29) is 0 Å². The second-order valence-electron chi connectivity index (χ2n) is 4.52. The van der Waals surface area contributed by atoms with E-state index >= 15 is 0 Å². The van der Waals surface area contributed by atoms with Crippen LogP contribution in [0.15, 0.2) is 41.7 Å². The molecule has 0 radical (unpaired) electrons. The predicted octanol–water partition coefficient (Wildman–Crippen LogP) is 3.11. The van der Waals surface area contributed by atoms with Gasteiger partial charge in [-0.2, -0.15) is 0 Å². The number of hydrogen-bond acceptors (Lipinski definition) is 4. The molecule has 0 atom stereocenters. The minimum Gasteiger partial charge on any atom is -0.315 e. The van der Waals surface area contributed by atoms with E-state index in [1.54, 1.807) is 18.1 Å². The smallest absolute Gasteiger partial charge is 0.116 e.